The molecule has 1 fully saturated rings. The van der Waals surface area contributed by atoms with Crippen molar-refractivity contribution in [2.24, 2.45) is 11.8 Å². The molecule has 94 valence electrons. The Morgan fingerprint density at radius 2 is 1.88 bits per heavy atom. The van der Waals surface area contributed by atoms with Crippen LogP contribution in [0.2, 0.25) is 0 Å². The van der Waals surface area contributed by atoms with E-state index >= 15 is 0 Å². The van der Waals surface area contributed by atoms with Gasteiger partial charge >= 0.3 is 5.97 Å². The number of rotatable bonds is 5. The highest BCUT2D eigenvalue weighted by molar-refractivity contribution is 5.66. The van der Waals surface area contributed by atoms with E-state index in [2.05, 4.69) is 26.1 Å². The van der Waals surface area contributed by atoms with E-state index in [0.29, 0.717) is 12.1 Å². The van der Waals surface area contributed by atoms with E-state index in [1.807, 2.05) is 0 Å². The summed E-state index contributed by atoms with van der Waals surface area (Å²) < 4.78 is 0. The number of carbonyl (C=O) groups is 1. The maximum absolute atomic E-state index is 10.5. The summed E-state index contributed by atoms with van der Waals surface area (Å²) in [6, 6.07) is 0.904. The molecule has 3 nitrogen and oxygen atoms in total. The van der Waals surface area contributed by atoms with Crippen LogP contribution < -0.4 is 5.32 Å². The largest absolute Gasteiger partial charge is 0.481 e. The molecule has 0 spiro atoms. The molecule has 0 bridgehead atoms. The second-order valence-electron chi connectivity index (χ2n) is 5.61. The zero-order valence-corrected chi connectivity index (χ0v) is 10.7. The quantitative estimate of drug-likeness (QED) is 0.759. The highest BCUT2D eigenvalue weighted by Crippen LogP contribution is 2.28. The predicted molar refractivity (Wildman–Crippen MR) is 65.4 cm³/mol. The summed E-state index contributed by atoms with van der Waals surface area (Å²) in [7, 11) is 0. The summed E-state index contributed by atoms with van der Waals surface area (Å²) in [5, 5.41) is 12.2. The monoisotopic (exact) mass is 227 g/mol. The number of hydrogen-bond donors (Lipinski definition) is 2. The first kappa shape index (κ1) is 13.5. The maximum Gasteiger partial charge on any atom is 0.303 e. The molecule has 0 aromatic heterocycles. The molecule has 3 atom stereocenters. The van der Waals surface area contributed by atoms with E-state index in [9.17, 15) is 4.79 Å². The Bertz CT molecular complexity index is 220. The Labute approximate surface area is 98.6 Å². The molecule has 0 amide bonds. The third kappa shape index (κ3) is 4.97. The minimum Gasteiger partial charge on any atom is -0.481 e. The summed E-state index contributed by atoms with van der Waals surface area (Å²) in [4.78, 5) is 10.5. The normalized spacial score (nSPS) is 32.3. The first-order valence-electron chi connectivity index (χ1n) is 6.45. The number of aliphatic carboxylic acids is 1. The first-order valence-corrected chi connectivity index (χ1v) is 6.45. The Kier molecular flexibility index (Phi) is 5.26. The van der Waals surface area contributed by atoms with Crippen LogP contribution in [-0.2, 0) is 4.79 Å². The fourth-order valence-corrected chi connectivity index (χ4v) is 2.91. The van der Waals surface area contributed by atoms with Gasteiger partial charge in [-0.2, -0.15) is 0 Å². The molecule has 3 unspecified atom stereocenters. The van der Waals surface area contributed by atoms with Crippen LogP contribution in [0.4, 0.5) is 0 Å². The molecule has 0 aromatic carbocycles. The van der Waals surface area contributed by atoms with Gasteiger partial charge in [0.1, 0.15) is 0 Å². The molecule has 0 heterocycles. The Hall–Kier alpha value is -0.570. The summed E-state index contributed by atoms with van der Waals surface area (Å²) >= 11 is 0. The van der Waals surface area contributed by atoms with E-state index < -0.39 is 5.97 Å². The molecule has 0 aromatic rings. The van der Waals surface area contributed by atoms with E-state index in [1.165, 1.54) is 19.3 Å². The van der Waals surface area contributed by atoms with E-state index in [-0.39, 0.29) is 6.42 Å². The maximum atomic E-state index is 10.5. The van der Waals surface area contributed by atoms with Crippen molar-refractivity contribution >= 4 is 5.97 Å². The summed E-state index contributed by atoms with van der Waals surface area (Å²) in [6.07, 6.45) is 4.81. The van der Waals surface area contributed by atoms with Crippen LogP contribution in [-0.4, -0.2) is 23.2 Å². The lowest BCUT2D eigenvalue weighted by Gasteiger charge is -2.33. The van der Waals surface area contributed by atoms with Crippen LogP contribution in [0.25, 0.3) is 0 Å². The number of carboxylic acid groups (broad SMARTS) is 1. The van der Waals surface area contributed by atoms with Crippen molar-refractivity contribution < 1.29 is 9.90 Å². The molecule has 16 heavy (non-hydrogen) atoms. The van der Waals surface area contributed by atoms with Gasteiger partial charge in [0.2, 0.25) is 0 Å². The lowest BCUT2D eigenvalue weighted by molar-refractivity contribution is -0.137. The average molecular weight is 227 g/mol. The minimum absolute atomic E-state index is 0.270. The van der Waals surface area contributed by atoms with Crippen LogP contribution in [0.1, 0.15) is 52.9 Å². The van der Waals surface area contributed by atoms with Gasteiger partial charge in [0.25, 0.3) is 0 Å². The molecule has 3 heteroatoms. The summed E-state index contributed by atoms with van der Waals surface area (Å²) in [5.74, 6) is 0.903. The van der Waals surface area contributed by atoms with Crippen molar-refractivity contribution in [3.05, 3.63) is 0 Å². The predicted octanol–water partition coefficient (Wildman–Crippen LogP) is 2.65. The van der Waals surface area contributed by atoms with Crippen LogP contribution in [0.5, 0.6) is 0 Å². The molecule has 0 radical (unpaired) electrons. The molecular weight excluding hydrogens is 202 g/mol. The van der Waals surface area contributed by atoms with Crippen molar-refractivity contribution in [3.63, 3.8) is 0 Å². The number of carboxylic acids is 1. The van der Waals surface area contributed by atoms with Crippen molar-refractivity contribution in [1.29, 1.82) is 0 Å². The van der Waals surface area contributed by atoms with Gasteiger partial charge in [-0.1, -0.05) is 13.8 Å². The second kappa shape index (κ2) is 6.24. The zero-order valence-electron chi connectivity index (χ0n) is 10.7. The lowest BCUT2D eigenvalue weighted by Crippen LogP contribution is -2.41. The van der Waals surface area contributed by atoms with E-state index in [1.54, 1.807) is 0 Å². The first-order chi connectivity index (χ1) is 7.47. The molecule has 0 saturated heterocycles. The van der Waals surface area contributed by atoms with Crippen molar-refractivity contribution in [2.45, 2.75) is 65.0 Å². The molecular formula is C13H25NO2. The SMILES string of the molecule is CC1CC(C)CC(NC(C)CCC(=O)O)C1. The van der Waals surface area contributed by atoms with Gasteiger partial charge in [0.05, 0.1) is 0 Å². The van der Waals surface area contributed by atoms with Gasteiger partial charge in [-0.05, 0) is 44.4 Å². The van der Waals surface area contributed by atoms with E-state index in [0.717, 1.165) is 18.3 Å². The second-order valence-corrected chi connectivity index (χ2v) is 5.61. The smallest absolute Gasteiger partial charge is 0.303 e. The molecule has 2 N–H and O–H groups in total. The lowest BCUT2D eigenvalue weighted by atomic mass is 9.80. The summed E-state index contributed by atoms with van der Waals surface area (Å²) in [6.45, 7) is 6.71. The summed E-state index contributed by atoms with van der Waals surface area (Å²) in [5.41, 5.74) is 0. The van der Waals surface area contributed by atoms with Gasteiger partial charge in [-0.25, -0.2) is 0 Å². The Balaban J connectivity index is 2.27. The molecule has 1 saturated carbocycles. The fourth-order valence-electron chi connectivity index (χ4n) is 2.91. The van der Waals surface area contributed by atoms with Gasteiger partial charge in [0.15, 0.2) is 0 Å². The third-order valence-electron chi connectivity index (χ3n) is 3.49. The van der Waals surface area contributed by atoms with Crippen molar-refractivity contribution in [3.8, 4) is 0 Å². The van der Waals surface area contributed by atoms with Crippen LogP contribution in [0.15, 0.2) is 0 Å². The molecule has 1 rings (SSSR count). The highest BCUT2D eigenvalue weighted by Gasteiger charge is 2.24. The van der Waals surface area contributed by atoms with Crippen LogP contribution in [0.3, 0.4) is 0 Å². The minimum atomic E-state index is -0.695. The third-order valence-corrected chi connectivity index (χ3v) is 3.49. The van der Waals surface area contributed by atoms with Crippen LogP contribution in [0, 0.1) is 11.8 Å². The van der Waals surface area contributed by atoms with Gasteiger partial charge in [0, 0.05) is 18.5 Å². The van der Waals surface area contributed by atoms with Crippen molar-refractivity contribution in [2.75, 3.05) is 0 Å². The zero-order chi connectivity index (χ0) is 12.1. The molecule has 0 aliphatic heterocycles. The topological polar surface area (TPSA) is 49.3 Å². The average Bonchev–Trinajstić information content (AvgIpc) is 2.12. The fraction of sp³-hybridized carbons (Fsp3) is 0.923. The Morgan fingerprint density at radius 3 is 2.38 bits per heavy atom. The van der Waals surface area contributed by atoms with Crippen LogP contribution >= 0.6 is 0 Å². The number of nitrogens with one attached hydrogen (secondary N) is 1. The standard InChI is InChI=1S/C13H25NO2/c1-9-6-10(2)8-12(7-9)14-11(3)4-5-13(15)16/h9-12,14H,4-8H2,1-3H3,(H,15,16). The number of hydrogen-bond acceptors (Lipinski definition) is 2. The Morgan fingerprint density at radius 1 is 1.31 bits per heavy atom. The molecule has 1 aliphatic carbocycles. The van der Waals surface area contributed by atoms with Crippen molar-refractivity contribution in [1.82, 2.24) is 5.32 Å². The molecule has 1 aliphatic rings. The van der Waals surface area contributed by atoms with Gasteiger partial charge in [-0.3, -0.25) is 4.79 Å². The highest BCUT2D eigenvalue weighted by atomic mass is 16.4. The van der Waals surface area contributed by atoms with Gasteiger partial charge in [-0.15, -0.1) is 0 Å². The van der Waals surface area contributed by atoms with E-state index in [4.69, 9.17) is 5.11 Å². The van der Waals surface area contributed by atoms with Gasteiger partial charge < -0.3 is 10.4 Å².